The van der Waals surface area contributed by atoms with Crippen LogP contribution in [0, 0.1) is 12.3 Å². The van der Waals surface area contributed by atoms with Crippen LogP contribution in [-0.4, -0.2) is 35.9 Å². The Kier molecular flexibility index (Phi) is 7.50. The van der Waals surface area contributed by atoms with Gasteiger partial charge in [-0.1, -0.05) is 5.92 Å². The molecular formula is C9H15N3O2S. The molecule has 0 heterocycles. The number of thioether (sulfide) groups is 1. The summed E-state index contributed by atoms with van der Waals surface area (Å²) in [4.78, 5) is 21.7. The second-order valence-electron chi connectivity index (χ2n) is 2.82. The van der Waals surface area contributed by atoms with Crippen molar-refractivity contribution in [2.24, 2.45) is 11.5 Å². The molecule has 0 fully saturated rings. The van der Waals surface area contributed by atoms with E-state index in [9.17, 15) is 9.59 Å². The summed E-state index contributed by atoms with van der Waals surface area (Å²) in [5.41, 5.74) is 10.3. The van der Waals surface area contributed by atoms with Gasteiger partial charge in [0.05, 0.1) is 18.2 Å². The van der Waals surface area contributed by atoms with Crippen LogP contribution in [0.5, 0.6) is 0 Å². The molecule has 84 valence electrons. The van der Waals surface area contributed by atoms with E-state index in [1.54, 1.807) is 0 Å². The average Bonchev–Trinajstić information content (AvgIpc) is 2.16. The van der Waals surface area contributed by atoms with E-state index in [4.69, 9.17) is 17.9 Å². The molecule has 0 aliphatic rings. The van der Waals surface area contributed by atoms with Crippen molar-refractivity contribution in [2.45, 2.75) is 12.5 Å². The van der Waals surface area contributed by atoms with Crippen molar-refractivity contribution in [2.75, 3.05) is 18.1 Å². The SMILES string of the molecule is C#CCSCCNC(=O)C(N)CC(N)=O. The van der Waals surface area contributed by atoms with Crippen LogP contribution < -0.4 is 16.8 Å². The Bertz CT molecular complexity index is 263. The van der Waals surface area contributed by atoms with Gasteiger partial charge in [0.1, 0.15) is 0 Å². The van der Waals surface area contributed by atoms with Gasteiger partial charge in [0.25, 0.3) is 0 Å². The van der Waals surface area contributed by atoms with Crippen LogP contribution in [0.2, 0.25) is 0 Å². The quantitative estimate of drug-likeness (QED) is 0.372. The summed E-state index contributed by atoms with van der Waals surface area (Å²) in [6, 6.07) is -0.861. The Labute approximate surface area is 93.3 Å². The molecule has 0 spiro atoms. The van der Waals surface area contributed by atoms with Gasteiger partial charge in [0, 0.05) is 12.3 Å². The molecule has 5 nitrogen and oxygen atoms in total. The molecule has 0 aliphatic heterocycles. The van der Waals surface area contributed by atoms with E-state index in [1.165, 1.54) is 11.8 Å². The lowest BCUT2D eigenvalue weighted by molar-refractivity contribution is -0.126. The van der Waals surface area contributed by atoms with E-state index in [-0.39, 0.29) is 12.3 Å². The summed E-state index contributed by atoms with van der Waals surface area (Å²) in [7, 11) is 0. The third-order valence-corrected chi connectivity index (χ3v) is 2.35. The van der Waals surface area contributed by atoms with E-state index in [1.807, 2.05) is 0 Å². The Morgan fingerprint density at radius 1 is 1.53 bits per heavy atom. The lowest BCUT2D eigenvalue weighted by atomic mass is 10.2. The molecule has 2 amide bonds. The standard InChI is InChI=1S/C9H15N3O2S/c1-2-4-15-5-3-12-9(14)7(10)6-8(11)13/h1,7H,3-6,10H2,(H2,11,13)(H,12,14). The predicted molar refractivity (Wildman–Crippen MR) is 61.0 cm³/mol. The van der Waals surface area contributed by atoms with Gasteiger partial charge in [-0.15, -0.1) is 18.2 Å². The molecule has 0 aromatic heterocycles. The Hall–Kier alpha value is -1.19. The summed E-state index contributed by atoms with van der Waals surface area (Å²) < 4.78 is 0. The maximum atomic E-state index is 11.2. The van der Waals surface area contributed by atoms with E-state index < -0.39 is 11.9 Å². The highest BCUT2D eigenvalue weighted by Crippen LogP contribution is 1.95. The number of nitrogens with two attached hydrogens (primary N) is 2. The fourth-order valence-electron chi connectivity index (χ4n) is 0.818. The third-order valence-electron chi connectivity index (χ3n) is 1.49. The first-order valence-corrected chi connectivity index (χ1v) is 5.56. The van der Waals surface area contributed by atoms with Gasteiger partial charge in [-0.3, -0.25) is 9.59 Å². The Morgan fingerprint density at radius 3 is 2.73 bits per heavy atom. The number of primary amides is 1. The number of amides is 2. The van der Waals surface area contributed by atoms with E-state index in [0.29, 0.717) is 12.3 Å². The van der Waals surface area contributed by atoms with Crippen LogP contribution in [0.25, 0.3) is 0 Å². The van der Waals surface area contributed by atoms with Gasteiger partial charge in [-0.05, 0) is 0 Å². The molecular weight excluding hydrogens is 214 g/mol. The highest BCUT2D eigenvalue weighted by atomic mass is 32.2. The smallest absolute Gasteiger partial charge is 0.237 e. The van der Waals surface area contributed by atoms with Crippen LogP contribution in [0.3, 0.4) is 0 Å². The molecule has 0 saturated carbocycles. The average molecular weight is 229 g/mol. The first kappa shape index (κ1) is 13.8. The normalized spacial score (nSPS) is 11.5. The van der Waals surface area contributed by atoms with Gasteiger partial charge in [-0.25, -0.2) is 0 Å². The first-order valence-electron chi connectivity index (χ1n) is 4.40. The minimum absolute atomic E-state index is 0.136. The van der Waals surface area contributed by atoms with E-state index in [0.717, 1.165) is 5.75 Å². The second-order valence-corrected chi connectivity index (χ2v) is 3.93. The van der Waals surface area contributed by atoms with Crippen molar-refractivity contribution in [3.05, 3.63) is 0 Å². The highest BCUT2D eigenvalue weighted by Gasteiger charge is 2.14. The molecule has 0 saturated heterocycles. The minimum atomic E-state index is -0.861. The summed E-state index contributed by atoms with van der Waals surface area (Å²) in [5, 5.41) is 2.59. The maximum Gasteiger partial charge on any atom is 0.237 e. The number of hydrogen-bond acceptors (Lipinski definition) is 4. The molecule has 5 N–H and O–H groups in total. The van der Waals surface area contributed by atoms with Crippen LogP contribution in [0.15, 0.2) is 0 Å². The van der Waals surface area contributed by atoms with Gasteiger partial charge in [-0.2, -0.15) is 0 Å². The summed E-state index contributed by atoms with van der Waals surface area (Å²) in [6.07, 6.45) is 4.91. The van der Waals surface area contributed by atoms with Crippen molar-refractivity contribution in [3.8, 4) is 12.3 Å². The topological polar surface area (TPSA) is 98.2 Å². The summed E-state index contributed by atoms with van der Waals surface area (Å²) in [6.45, 7) is 0.484. The van der Waals surface area contributed by atoms with E-state index in [2.05, 4.69) is 11.2 Å². The van der Waals surface area contributed by atoms with Crippen LogP contribution in [0.4, 0.5) is 0 Å². The molecule has 0 rings (SSSR count). The molecule has 0 aliphatic carbocycles. The zero-order chi connectivity index (χ0) is 11.7. The Morgan fingerprint density at radius 2 is 2.20 bits per heavy atom. The monoisotopic (exact) mass is 229 g/mol. The largest absolute Gasteiger partial charge is 0.370 e. The maximum absolute atomic E-state index is 11.2. The predicted octanol–water partition coefficient (Wildman–Crippen LogP) is -1.33. The lowest BCUT2D eigenvalue weighted by Crippen LogP contribution is -2.43. The van der Waals surface area contributed by atoms with Crippen molar-refractivity contribution in [1.82, 2.24) is 5.32 Å². The molecule has 0 radical (unpaired) electrons. The van der Waals surface area contributed by atoms with Crippen molar-refractivity contribution >= 4 is 23.6 Å². The number of carbonyl (C=O) groups excluding carboxylic acids is 2. The van der Waals surface area contributed by atoms with Crippen LogP contribution in [-0.2, 0) is 9.59 Å². The number of nitrogens with one attached hydrogen (secondary N) is 1. The Balaban J connectivity index is 3.56. The number of rotatable bonds is 7. The number of carbonyl (C=O) groups is 2. The number of hydrogen-bond donors (Lipinski definition) is 3. The van der Waals surface area contributed by atoms with E-state index >= 15 is 0 Å². The van der Waals surface area contributed by atoms with Gasteiger partial charge in [0.15, 0.2) is 0 Å². The van der Waals surface area contributed by atoms with Gasteiger partial charge >= 0.3 is 0 Å². The van der Waals surface area contributed by atoms with Gasteiger partial charge in [0.2, 0.25) is 11.8 Å². The molecule has 0 aromatic carbocycles. The van der Waals surface area contributed by atoms with Crippen molar-refractivity contribution in [1.29, 1.82) is 0 Å². The zero-order valence-corrected chi connectivity index (χ0v) is 9.18. The third kappa shape index (κ3) is 7.85. The number of terminal acetylenes is 1. The van der Waals surface area contributed by atoms with Gasteiger partial charge < -0.3 is 16.8 Å². The molecule has 6 heteroatoms. The molecule has 1 unspecified atom stereocenters. The van der Waals surface area contributed by atoms with Crippen LogP contribution in [0.1, 0.15) is 6.42 Å². The second kappa shape index (κ2) is 8.15. The first-order chi connectivity index (χ1) is 7.07. The van der Waals surface area contributed by atoms with Crippen molar-refractivity contribution in [3.63, 3.8) is 0 Å². The molecule has 0 bridgehead atoms. The molecule has 1 atom stereocenters. The van der Waals surface area contributed by atoms with Crippen LogP contribution >= 0.6 is 11.8 Å². The fourth-order valence-corrected chi connectivity index (χ4v) is 1.33. The fraction of sp³-hybridized carbons (Fsp3) is 0.556. The summed E-state index contributed by atoms with van der Waals surface area (Å²) >= 11 is 1.54. The highest BCUT2D eigenvalue weighted by molar-refractivity contribution is 7.99. The van der Waals surface area contributed by atoms with Crippen molar-refractivity contribution < 1.29 is 9.59 Å². The summed E-state index contributed by atoms with van der Waals surface area (Å²) in [5.74, 6) is 2.86. The minimum Gasteiger partial charge on any atom is -0.370 e. The molecule has 15 heavy (non-hydrogen) atoms. The zero-order valence-electron chi connectivity index (χ0n) is 8.36. The lowest BCUT2D eigenvalue weighted by Gasteiger charge is -2.09. The molecule has 0 aromatic rings.